The minimum absolute atomic E-state index is 0.0277. The Kier molecular flexibility index (Phi) is 5.83. The van der Waals surface area contributed by atoms with Gasteiger partial charge in [0, 0.05) is 21.8 Å². The van der Waals surface area contributed by atoms with Crippen LogP contribution in [0.4, 0.5) is 17.1 Å². The number of hydrogen-bond acceptors (Lipinski definition) is 5. The summed E-state index contributed by atoms with van der Waals surface area (Å²) in [6.45, 7) is 1.53. The molecule has 0 saturated carbocycles. The second-order valence-corrected chi connectivity index (χ2v) is 5.67. The molecule has 0 saturated heterocycles. The summed E-state index contributed by atoms with van der Waals surface area (Å²) < 4.78 is 0. The van der Waals surface area contributed by atoms with Crippen LogP contribution in [0.25, 0.3) is 0 Å². The highest BCUT2D eigenvalue weighted by Crippen LogP contribution is 2.30. The Hall–Kier alpha value is -2.51. The van der Waals surface area contributed by atoms with Crippen molar-refractivity contribution in [3.05, 3.63) is 62.1 Å². The molecule has 0 bridgehead atoms. The first kappa shape index (κ1) is 17.8. The zero-order valence-electron chi connectivity index (χ0n) is 12.5. The third kappa shape index (κ3) is 4.74. The molecule has 2 aromatic rings. The van der Waals surface area contributed by atoms with E-state index < -0.39 is 10.8 Å². The summed E-state index contributed by atoms with van der Waals surface area (Å²) in [5.74, 6) is -0.402. The molecule has 0 atom stereocenters. The number of rotatable bonds is 5. The summed E-state index contributed by atoms with van der Waals surface area (Å²) in [7, 11) is 0. The standard InChI is InChI=1S/C15H12Cl2N4O3/c1-9-6-10(16)2-4-12(9)19-15(22)8-18-20-13-5-3-11(17)7-14(13)21(23)24/h2-7H,8H2,1H3,(H,19,22). The highest BCUT2D eigenvalue weighted by Gasteiger charge is 2.14. The minimum atomic E-state index is -0.614. The van der Waals surface area contributed by atoms with Crippen molar-refractivity contribution in [3.63, 3.8) is 0 Å². The van der Waals surface area contributed by atoms with Crippen molar-refractivity contribution in [1.29, 1.82) is 0 Å². The number of hydrogen-bond donors (Lipinski definition) is 1. The number of benzene rings is 2. The van der Waals surface area contributed by atoms with E-state index >= 15 is 0 Å². The molecule has 0 aliphatic rings. The van der Waals surface area contributed by atoms with Gasteiger partial charge < -0.3 is 5.32 Å². The molecule has 0 fully saturated rings. The fraction of sp³-hybridized carbons (Fsp3) is 0.133. The monoisotopic (exact) mass is 366 g/mol. The van der Waals surface area contributed by atoms with Crippen LogP contribution in [0.1, 0.15) is 5.56 Å². The third-order valence-electron chi connectivity index (χ3n) is 2.99. The number of azo groups is 1. The van der Waals surface area contributed by atoms with E-state index in [2.05, 4.69) is 15.5 Å². The summed E-state index contributed by atoms with van der Waals surface area (Å²) in [4.78, 5) is 22.2. The zero-order chi connectivity index (χ0) is 17.7. The molecule has 7 nitrogen and oxygen atoms in total. The van der Waals surface area contributed by atoms with E-state index in [0.717, 1.165) is 5.56 Å². The fourth-order valence-corrected chi connectivity index (χ4v) is 2.25. The highest BCUT2D eigenvalue weighted by atomic mass is 35.5. The smallest absolute Gasteiger partial charge is 0.298 e. The molecule has 2 rings (SSSR count). The summed E-state index contributed by atoms with van der Waals surface area (Å²) in [5.41, 5.74) is 1.17. The van der Waals surface area contributed by atoms with Gasteiger partial charge in [-0.25, -0.2) is 0 Å². The molecule has 124 valence electrons. The molecule has 0 unspecified atom stereocenters. The number of aryl methyl sites for hydroxylation is 1. The van der Waals surface area contributed by atoms with Gasteiger partial charge in [-0.1, -0.05) is 23.2 Å². The van der Waals surface area contributed by atoms with Crippen molar-refractivity contribution in [2.75, 3.05) is 11.9 Å². The molecule has 1 N–H and O–H groups in total. The molecule has 0 radical (unpaired) electrons. The van der Waals surface area contributed by atoms with Crippen LogP contribution < -0.4 is 5.32 Å². The van der Waals surface area contributed by atoms with Gasteiger partial charge in [0.25, 0.3) is 5.69 Å². The number of nitrogens with one attached hydrogen (secondary N) is 1. The molecule has 0 aliphatic carbocycles. The van der Waals surface area contributed by atoms with Gasteiger partial charge in [-0.05, 0) is 42.8 Å². The molecule has 1 amide bonds. The molecular formula is C15H12Cl2N4O3. The predicted octanol–water partition coefficient (Wildman–Crippen LogP) is 4.93. The summed E-state index contributed by atoms with van der Waals surface area (Å²) in [6, 6.07) is 9.05. The number of nitro benzene ring substituents is 1. The van der Waals surface area contributed by atoms with Gasteiger partial charge in [0.1, 0.15) is 6.54 Å². The quantitative estimate of drug-likeness (QED) is 0.461. The number of carbonyl (C=O) groups excluding carboxylic acids is 1. The van der Waals surface area contributed by atoms with E-state index in [0.29, 0.717) is 10.7 Å². The summed E-state index contributed by atoms with van der Waals surface area (Å²) >= 11 is 11.6. The van der Waals surface area contributed by atoms with Gasteiger partial charge in [0.2, 0.25) is 5.91 Å². The summed E-state index contributed by atoms with van der Waals surface area (Å²) in [6.07, 6.45) is 0. The van der Waals surface area contributed by atoms with Gasteiger partial charge in [-0.15, -0.1) is 5.11 Å². The van der Waals surface area contributed by atoms with Gasteiger partial charge in [-0.2, -0.15) is 5.11 Å². The Morgan fingerprint density at radius 3 is 2.54 bits per heavy atom. The lowest BCUT2D eigenvalue weighted by atomic mass is 10.2. The van der Waals surface area contributed by atoms with Crippen LogP contribution in [-0.4, -0.2) is 17.4 Å². The molecule has 2 aromatic carbocycles. The van der Waals surface area contributed by atoms with Gasteiger partial charge in [0.05, 0.1) is 4.92 Å². The molecule has 0 spiro atoms. The SMILES string of the molecule is Cc1cc(Cl)ccc1NC(=O)CN=Nc1ccc(Cl)cc1[N+](=O)[O-]. The zero-order valence-corrected chi connectivity index (χ0v) is 14.0. The molecular weight excluding hydrogens is 355 g/mol. The Labute approximate surface area is 147 Å². The van der Waals surface area contributed by atoms with Crippen molar-refractivity contribution < 1.29 is 9.72 Å². The first-order valence-electron chi connectivity index (χ1n) is 6.74. The second kappa shape index (κ2) is 7.85. The van der Waals surface area contributed by atoms with E-state index in [-0.39, 0.29) is 22.9 Å². The van der Waals surface area contributed by atoms with Gasteiger partial charge in [-0.3, -0.25) is 14.9 Å². The van der Waals surface area contributed by atoms with E-state index in [4.69, 9.17) is 23.2 Å². The maximum absolute atomic E-state index is 11.9. The summed E-state index contributed by atoms with van der Waals surface area (Å²) in [5, 5.41) is 21.8. The third-order valence-corrected chi connectivity index (χ3v) is 3.46. The highest BCUT2D eigenvalue weighted by molar-refractivity contribution is 6.31. The van der Waals surface area contributed by atoms with Gasteiger partial charge in [0.15, 0.2) is 5.69 Å². The van der Waals surface area contributed by atoms with E-state index in [9.17, 15) is 14.9 Å². The molecule has 0 heterocycles. The molecule has 24 heavy (non-hydrogen) atoms. The lowest BCUT2D eigenvalue weighted by Gasteiger charge is -2.06. The number of anilines is 1. The Bertz CT molecular complexity index is 824. The lowest BCUT2D eigenvalue weighted by Crippen LogP contribution is -2.15. The number of carbonyl (C=O) groups is 1. The van der Waals surface area contributed by atoms with E-state index in [1.807, 2.05) is 0 Å². The van der Waals surface area contributed by atoms with Crippen molar-refractivity contribution in [1.82, 2.24) is 0 Å². The molecule has 0 aromatic heterocycles. The normalized spacial score (nSPS) is 10.8. The van der Waals surface area contributed by atoms with Gasteiger partial charge >= 0.3 is 0 Å². The minimum Gasteiger partial charge on any atom is -0.324 e. The van der Waals surface area contributed by atoms with Crippen molar-refractivity contribution >= 4 is 46.2 Å². The largest absolute Gasteiger partial charge is 0.324 e. The second-order valence-electron chi connectivity index (χ2n) is 4.80. The van der Waals surface area contributed by atoms with E-state index in [1.165, 1.54) is 18.2 Å². The first-order valence-corrected chi connectivity index (χ1v) is 7.50. The maximum atomic E-state index is 11.9. The van der Waals surface area contributed by atoms with E-state index in [1.54, 1.807) is 25.1 Å². The average Bonchev–Trinajstić information content (AvgIpc) is 2.51. The average molecular weight is 367 g/mol. The number of nitrogens with zero attached hydrogens (tertiary/aromatic N) is 3. The topological polar surface area (TPSA) is 97.0 Å². The van der Waals surface area contributed by atoms with Crippen LogP contribution in [-0.2, 0) is 4.79 Å². The van der Waals surface area contributed by atoms with Crippen LogP contribution >= 0.6 is 23.2 Å². The number of halogens is 2. The number of amides is 1. The van der Waals surface area contributed by atoms with Crippen LogP contribution in [0.3, 0.4) is 0 Å². The van der Waals surface area contributed by atoms with Crippen molar-refractivity contribution in [3.8, 4) is 0 Å². The Balaban J connectivity index is 2.04. The molecule has 0 aliphatic heterocycles. The first-order chi connectivity index (χ1) is 11.4. The van der Waals surface area contributed by atoms with Crippen molar-refractivity contribution in [2.45, 2.75) is 6.92 Å². The van der Waals surface area contributed by atoms with Crippen LogP contribution in [0.2, 0.25) is 10.0 Å². The van der Waals surface area contributed by atoms with Crippen LogP contribution in [0.5, 0.6) is 0 Å². The number of nitro groups is 1. The fourth-order valence-electron chi connectivity index (χ4n) is 1.86. The van der Waals surface area contributed by atoms with Crippen LogP contribution in [0, 0.1) is 17.0 Å². The van der Waals surface area contributed by atoms with Crippen LogP contribution in [0.15, 0.2) is 46.6 Å². The molecule has 9 heteroatoms. The lowest BCUT2D eigenvalue weighted by molar-refractivity contribution is -0.384. The Morgan fingerprint density at radius 1 is 1.21 bits per heavy atom. The maximum Gasteiger partial charge on any atom is 0.298 e. The van der Waals surface area contributed by atoms with Crippen molar-refractivity contribution in [2.24, 2.45) is 10.2 Å². The Morgan fingerprint density at radius 2 is 1.88 bits per heavy atom. The predicted molar refractivity (Wildman–Crippen MR) is 92.3 cm³/mol.